The Labute approximate surface area is 137 Å². The maximum atomic E-state index is 11.7. The van der Waals surface area contributed by atoms with Crippen molar-refractivity contribution in [2.45, 2.75) is 84.6 Å². The molecule has 1 aliphatic carbocycles. The van der Waals surface area contributed by atoms with Gasteiger partial charge >= 0.3 is 0 Å². The first kappa shape index (κ1) is 19.2. The maximum Gasteiger partial charge on any atom is 0.233 e. The molecule has 0 radical (unpaired) electrons. The number of amides is 1. The second kappa shape index (κ2) is 10.0. The van der Waals surface area contributed by atoms with Gasteiger partial charge in [0.2, 0.25) is 5.91 Å². The summed E-state index contributed by atoms with van der Waals surface area (Å²) in [7, 11) is 0. The molecule has 0 aromatic heterocycles. The minimum absolute atomic E-state index is 0.0272. The van der Waals surface area contributed by atoms with Gasteiger partial charge in [-0.1, -0.05) is 58.6 Å². The molecular formula is C19H36N2O. The van der Waals surface area contributed by atoms with Crippen LogP contribution in [0.4, 0.5) is 0 Å². The zero-order valence-corrected chi connectivity index (χ0v) is 14.9. The van der Waals surface area contributed by atoms with Gasteiger partial charge in [0.1, 0.15) is 0 Å². The highest BCUT2D eigenvalue weighted by atomic mass is 16.1. The maximum absolute atomic E-state index is 11.7. The topological polar surface area (TPSA) is 55.1 Å². The molecule has 3 nitrogen and oxygen atoms in total. The van der Waals surface area contributed by atoms with Crippen LogP contribution in [0.25, 0.3) is 0 Å². The van der Waals surface area contributed by atoms with Gasteiger partial charge < -0.3 is 11.1 Å². The summed E-state index contributed by atoms with van der Waals surface area (Å²) in [5, 5.41) is 3.13. The third-order valence-corrected chi connectivity index (χ3v) is 4.83. The lowest BCUT2D eigenvalue weighted by Gasteiger charge is -2.40. The van der Waals surface area contributed by atoms with Crippen molar-refractivity contribution in [3.63, 3.8) is 0 Å². The lowest BCUT2D eigenvalue weighted by Crippen LogP contribution is -2.47. The lowest BCUT2D eigenvalue weighted by molar-refractivity contribution is -0.121. The molecule has 128 valence electrons. The summed E-state index contributed by atoms with van der Waals surface area (Å²) in [6, 6.07) is 0.246. The number of hydrogen-bond acceptors (Lipinski definition) is 2. The summed E-state index contributed by atoms with van der Waals surface area (Å²) >= 11 is 0. The molecule has 1 fully saturated rings. The number of carbonyl (C=O) groups is 1. The Balaban J connectivity index is 2.42. The molecule has 0 aromatic carbocycles. The molecule has 1 rings (SSSR count). The van der Waals surface area contributed by atoms with E-state index in [0.29, 0.717) is 11.3 Å². The van der Waals surface area contributed by atoms with E-state index in [1.165, 1.54) is 44.9 Å². The predicted octanol–water partition coefficient (Wildman–Crippen LogP) is 4.17. The zero-order valence-electron chi connectivity index (χ0n) is 14.9. The minimum Gasteiger partial charge on any atom is -0.352 e. The van der Waals surface area contributed by atoms with E-state index in [-0.39, 0.29) is 18.5 Å². The number of carbonyl (C=O) groups excluding carboxylic acids is 1. The normalized spacial score (nSPS) is 24.5. The zero-order chi connectivity index (χ0) is 16.4. The molecule has 0 heterocycles. The van der Waals surface area contributed by atoms with Crippen LogP contribution in [0.1, 0.15) is 78.6 Å². The summed E-state index contributed by atoms with van der Waals surface area (Å²) in [5.41, 5.74) is 5.77. The van der Waals surface area contributed by atoms with E-state index in [9.17, 15) is 4.79 Å². The second-order valence-electron chi connectivity index (χ2n) is 7.58. The third-order valence-electron chi connectivity index (χ3n) is 4.83. The Morgan fingerprint density at radius 2 is 2.00 bits per heavy atom. The molecule has 0 unspecified atom stereocenters. The monoisotopic (exact) mass is 308 g/mol. The molecule has 0 saturated heterocycles. The number of hydrogen-bond donors (Lipinski definition) is 2. The molecule has 1 aliphatic rings. The van der Waals surface area contributed by atoms with E-state index in [4.69, 9.17) is 5.73 Å². The van der Waals surface area contributed by atoms with Gasteiger partial charge in [-0.05, 0) is 43.4 Å². The highest BCUT2D eigenvalue weighted by molar-refractivity contribution is 5.78. The van der Waals surface area contributed by atoms with Crippen molar-refractivity contribution in [1.29, 1.82) is 0 Å². The first-order valence-corrected chi connectivity index (χ1v) is 9.14. The Morgan fingerprint density at radius 1 is 1.27 bits per heavy atom. The lowest BCUT2D eigenvalue weighted by atomic mass is 9.70. The van der Waals surface area contributed by atoms with Crippen molar-refractivity contribution < 1.29 is 4.79 Å². The number of unbranched alkanes of at least 4 members (excludes halogenated alkanes) is 5. The van der Waals surface area contributed by atoms with Crippen molar-refractivity contribution in [3.8, 4) is 0 Å². The number of rotatable bonds is 9. The minimum atomic E-state index is -0.0272. The van der Waals surface area contributed by atoms with Gasteiger partial charge in [0.25, 0.3) is 0 Å². The summed E-state index contributed by atoms with van der Waals surface area (Å²) in [4.78, 5) is 11.7. The standard InChI is InChI=1S/C19H36N2O/c1-4-5-6-7-8-9-10-11-16-12-13-19(2,3)14-17(16)21-18(22)15-20/h10-11,16-17H,4-9,12-15,20H2,1-3H3,(H,21,22)/t16-,17-/m1/s1. The molecule has 22 heavy (non-hydrogen) atoms. The van der Waals surface area contributed by atoms with Crippen LogP contribution in [0.5, 0.6) is 0 Å². The fraction of sp³-hybridized carbons (Fsp3) is 0.842. The average Bonchev–Trinajstić information content (AvgIpc) is 2.47. The van der Waals surface area contributed by atoms with Crippen molar-refractivity contribution in [3.05, 3.63) is 12.2 Å². The van der Waals surface area contributed by atoms with Crippen molar-refractivity contribution in [2.24, 2.45) is 17.1 Å². The second-order valence-corrected chi connectivity index (χ2v) is 7.58. The van der Waals surface area contributed by atoms with Gasteiger partial charge in [-0.15, -0.1) is 0 Å². The fourth-order valence-corrected chi connectivity index (χ4v) is 3.40. The Morgan fingerprint density at radius 3 is 2.68 bits per heavy atom. The Kier molecular flexibility index (Phi) is 8.77. The van der Waals surface area contributed by atoms with Crippen LogP contribution in [-0.2, 0) is 4.79 Å². The van der Waals surface area contributed by atoms with Crippen LogP contribution in [0.3, 0.4) is 0 Å². The Hall–Kier alpha value is -0.830. The summed E-state index contributed by atoms with van der Waals surface area (Å²) in [6.07, 6.45) is 15.9. The first-order chi connectivity index (χ1) is 10.5. The van der Waals surface area contributed by atoms with Gasteiger partial charge in [-0.25, -0.2) is 0 Å². The number of nitrogens with two attached hydrogens (primary N) is 1. The van der Waals surface area contributed by atoms with Crippen LogP contribution in [0.2, 0.25) is 0 Å². The van der Waals surface area contributed by atoms with E-state index in [0.717, 1.165) is 12.8 Å². The molecule has 1 amide bonds. The van der Waals surface area contributed by atoms with Crippen LogP contribution < -0.4 is 11.1 Å². The van der Waals surface area contributed by atoms with E-state index in [1.54, 1.807) is 0 Å². The van der Waals surface area contributed by atoms with Gasteiger partial charge in [0.05, 0.1) is 6.54 Å². The van der Waals surface area contributed by atoms with E-state index >= 15 is 0 Å². The number of nitrogens with one attached hydrogen (secondary N) is 1. The van der Waals surface area contributed by atoms with Gasteiger partial charge in [0, 0.05) is 6.04 Å². The molecule has 0 aromatic rings. The highest BCUT2D eigenvalue weighted by Gasteiger charge is 2.34. The van der Waals surface area contributed by atoms with Crippen molar-refractivity contribution in [1.82, 2.24) is 5.32 Å². The molecule has 0 spiro atoms. The van der Waals surface area contributed by atoms with E-state index in [2.05, 4.69) is 38.2 Å². The van der Waals surface area contributed by atoms with Crippen molar-refractivity contribution >= 4 is 5.91 Å². The average molecular weight is 309 g/mol. The molecule has 3 heteroatoms. The van der Waals surface area contributed by atoms with E-state index in [1.807, 2.05) is 0 Å². The molecule has 1 saturated carbocycles. The van der Waals surface area contributed by atoms with Crippen LogP contribution in [-0.4, -0.2) is 18.5 Å². The van der Waals surface area contributed by atoms with Gasteiger partial charge in [0.15, 0.2) is 0 Å². The first-order valence-electron chi connectivity index (χ1n) is 9.14. The van der Waals surface area contributed by atoms with Crippen molar-refractivity contribution in [2.75, 3.05) is 6.54 Å². The van der Waals surface area contributed by atoms with Crippen LogP contribution in [0, 0.1) is 11.3 Å². The van der Waals surface area contributed by atoms with Crippen LogP contribution >= 0.6 is 0 Å². The van der Waals surface area contributed by atoms with Crippen LogP contribution in [0.15, 0.2) is 12.2 Å². The number of allylic oxidation sites excluding steroid dienone is 1. The summed E-state index contributed by atoms with van der Waals surface area (Å²) in [5.74, 6) is 0.444. The molecule has 3 N–H and O–H groups in total. The smallest absolute Gasteiger partial charge is 0.233 e. The highest BCUT2D eigenvalue weighted by Crippen LogP contribution is 2.38. The molecular weight excluding hydrogens is 272 g/mol. The molecule has 0 bridgehead atoms. The largest absolute Gasteiger partial charge is 0.352 e. The van der Waals surface area contributed by atoms with Gasteiger partial charge in [-0.3, -0.25) is 4.79 Å². The quantitative estimate of drug-likeness (QED) is 0.496. The predicted molar refractivity (Wildman–Crippen MR) is 94.6 cm³/mol. The summed E-state index contributed by atoms with van der Waals surface area (Å²) in [6.45, 7) is 6.93. The Bertz CT molecular complexity index is 349. The van der Waals surface area contributed by atoms with E-state index < -0.39 is 0 Å². The molecule has 2 atom stereocenters. The SMILES string of the molecule is CCCCCCCC=C[C@@H]1CCC(C)(C)C[C@H]1NC(=O)CN. The van der Waals surface area contributed by atoms with Gasteiger partial charge in [-0.2, -0.15) is 0 Å². The fourth-order valence-electron chi connectivity index (χ4n) is 3.40. The third kappa shape index (κ3) is 7.44. The molecule has 0 aliphatic heterocycles. The summed E-state index contributed by atoms with van der Waals surface area (Å²) < 4.78 is 0.